The monoisotopic (exact) mass is 114 g/mol. The molecule has 0 amide bonds. The quantitative estimate of drug-likeness (QED) is 0.504. The van der Waals surface area contributed by atoms with Gasteiger partial charge in [0.1, 0.15) is 0 Å². The Morgan fingerprint density at radius 3 is 3.00 bits per heavy atom. The zero-order valence-electron chi connectivity index (χ0n) is 4.11. The molecule has 1 saturated heterocycles. The molecule has 1 rings (SSSR count). The molecule has 0 bridgehead atoms. The molecule has 0 saturated carbocycles. The third-order valence-corrected chi connectivity index (χ3v) is 1.87. The molecule has 1 aliphatic rings. The number of hydrogen-bond donors (Lipinski definition) is 1. The number of thioether (sulfide) groups is 1. The minimum atomic E-state index is 1.10. The Morgan fingerprint density at radius 2 is 2.71 bits per heavy atom. The van der Waals surface area contributed by atoms with Gasteiger partial charge in [-0.05, 0) is 6.92 Å². The van der Waals surface area contributed by atoms with E-state index in [1.54, 1.807) is 0 Å². The molecule has 39 valence electrons. The zero-order valence-corrected chi connectivity index (χ0v) is 4.92. The van der Waals surface area contributed by atoms with Crippen LogP contribution < -0.4 is 5.32 Å². The molecule has 0 spiro atoms. The number of allylic oxidation sites excluding steroid dienone is 1. The Balaban J connectivity index is 2.41. The van der Waals surface area contributed by atoms with Crippen LogP contribution in [0.1, 0.15) is 0 Å². The highest BCUT2D eigenvalue weighted by molar-refractivity contribution is 8.03. The van der Waals surface area contributed by atoms with Gasteiger partial charge >= 0.3 is 0 Å². The SMILES string of the molecule is [CH2]C=C1NCCS1. The molecule has 1 radical (unpaired) electrons. The van der Waals surface area contributed by atoms with Gasteiger partial charge in [-0.15, -0.1) is 11.8 Å². The van der Waals surface area contributed by atoms with Crippen LogP contribution in [0, 0.1) is 6.92 Å². The third kappa shape index (κ3) is 1.13. The summed E-state index contributed by atoms with van der Waals surface area (Å²) in [5.41, 5.74) is 0. The van der Waals surface area contributed by atoms with Crippen molar-refractivity contribution in [2.75, 3.05) is 12.3 Å². The lowest BCUT2D eigenvalue weighted by molar-refractivity contribution is 0.947. The largest absolute Gasteiger partial charge is 0.379 e. The fraction of sp³-hybridized carbons (Fsp3) is 0.400. The molecule has 1 nitrogen and oxygen atoms in total. The van der Waals surface area contributed by atoms with Crippen molar-refractivity contribution in [3.05, 3.63) is 18.0 Å². The summed E-state index contributed by atoms with van der Waals surface area (Å²) in [6.07, 6.45) is 1.86. The number of nitrogens with one attached hydrogen (secondary N) is 1. The van der Waals surface area contributed by atoms with E-state index in [1.807, 2.05) is 17.8 Å². The number of hydrogen-bond acceptors (Lipinski definition) is 2. The lowest BCUT2D eigenvalue weighted by Crippen LogP contribution is -2.03. The molecule has 0 atom stereocenters. The molecule has 1 aliphatic heterocycles. The van der Waals surface area contributed by atoms with Gasteiger partial charge in [0.15, 0.2) is 0 Å². The lowest BCUT2D eigenvalue weighted by Gasteiger charge is -1.89. The smallest absolute Gasteiger partial charge is 0.0641 e. The summed E-state index contributed by atoms with van der Waals surface area (Å²) in [5, 5.41) is 4.39. The van der Waals surface area contributed by atoms with Crippen LogP contribution in [0.3, 0.4) is 0 Å². The highest BCUT2D eigenvalue weighted by Gasteiger charge is 2.01. The van der Waals surface area contributed by atoms with E-state index in [0.29, 0.717) is 0 Å². The maximum Gasteiger partial charge on any atom is 0.0641 e. The fourth-order valence-electron chi connectivity index (χ4n) is 0.517. The maximum atomic E-state index is 3.62. The fourth-order valence-corrected chi connectivity index (χ4v) is 1.26. The minimum absolute atomic E-state index is 1.10. The summed E-state index contributed by atoms with van der Waals surface area (Å²) in [6, 6.07) is 0. The molecular weight excluding hydrogens is 106 g/mol. The van der Waals surface area contributed by atoms with Crippen LogP contribution in [-0.4, -0.2) is 12.3 Å². The van der Waals surface area contributed by atoms with Gasteiger partial charge in [-0.3, -0.25) is 0 Å². The standard InChI is InChI=1S/C5H8NS/c1-2-5-6-3-4-7-5/h2,6H,1,3-4H2. The summed E-state index contributed by atoms with van der Waals surface area (Å²) in [6.45, 7) is 4.73. The summed E-state index contributed by atoms with van der Waals surface area (Å²) >= 11 is 1.83. The average molecular weight is 114 g/mol. The summed E-state index contributed by atoms with van der Waals surface area (Å²) in [4.78, 5) is 0. The molecule has 1 N–H and O–H groups in total. The van der Waals surface area contributed by atoms with Crippen LogP contribution in [0.25, 0.3) is 0 Å². The van der Waals surface area contributed by atoms with E-state index in [0.717, 1.165) is 6.54 Å². The maximum absolute atomic E-state index is 3.62. The Bertz CT molecular complexity index is 80.1. The van der Waals surface area contributed by atoms with Gasteiger partial charge in [-0.2, -0.15) is 0 Å². The molecule has 0 aromatic carbocycles. The van der Waals surface area contributed by atoms with Crippen molar-refractivity contribution in [2.45, 2.75) is 0 Å². The molecule has 0 aliphatic carbocycles. The van der Waals surface area contributed by atoms with E-state index in [-0.39, 0.29) is 0 Å². The van der Waals surface area contributed by atoms with Gasteiger partial charge in [0, 0.05) is 12.3 Å². The molecule has 0 aromatic rings. The van der Waals surface area contributed by atoms with E-state index in [2.05, 4.69) is 12.2 Å². The summed E-state index contributed by atoms with van der Waals surface area (Å²) < 4.78 is 0. The van der Waals surface area contributed by atoms with Crippen molar-refractivity contribution in [3.63, 3.8) is 0 Å². The molecule has 7 heavy (non-hydrogen) atoms. The van der Waals surface area contributed by atoms with Crippen molar-refractivity contribution in [1.82, 2.24) is 5.32 Å². The van der Waals surface area contributed by atoms with Gasteiger partial charge < -0.3 is 5.32 Å². The molecule has 1 fully saturated rings. The van der Waals surface area contributed by atoms with E-state index >= 15 is 0 Å². The first kappa shape index (κ1) is 5.04. The normalized spacial score (nSPS) is 25.6. The summed E-state index contributed by atoms with van der Waals surface area (Å²) in [5.74, 6) is 1.20. The highest BCUT2D eigenvalue weighted by Crippen LogP contribution is 2.15. The molecular formula is C5H8NS. The van der Waals surface area contributed by atoms with Crippen LogP contribution in [0.15, 0.2) is 11.1 Å². The summed E-state index contributed by atoms with van der Waals surface area (Å²) in [7, 11) is 0. The highest BCUT2D eigenvalue weighted by atomic mass is 32.2. The van der Waals surface area contributed by atoms with Crippen LogP contribution in [0.2, 0.25) is 0 Å². The second kappa shape index (κ2) is 2.26. The van der Waals surface area contributed by atoms with Gasteiger partial charge in [0.05, 0.1) is 5.03 Å². The van der Waals surface area contributed by atoms with E-state index in [4.69, 9.17) is 0 Å². The molecule has 2 heteroatoms. The zero-order chi connectivity index (χ0) is 5.11. The lowest BCUT2D eigenvalue weighted by atomic mass is 10.6. The van der Waals surface area contributed by atoms with Gasteiger partial charge in [-0.1, -0.05) is 6.08 Å². The topological polar surface area (TPSA) is 12.0 Å². The predicted molar refractivity (Wildman–Crippen MR) is 33.9 cm³/mol. The van der Waals surface area contributed by atoms with E-state index in [1.165, 1.54) is 10.8 Å². The van der Waals surface area contributed by atoms with E-state index in [9.17, 15) is 0 Å². The van der Waals surface area contributed by atoms with Crippen LogP contribution in [0.5, 0.6) is 0 Å². The first-order valence-electron chi connectivity index (χ1n) is 2.29. The van der Waals surface area contributed by atoms with Gasteiger partial charge in [0.25, 0.3) is 0 Å². The molecule has 1 heterocycles. The second-order valence-electron chi connectivity index (χ2n) is 1.34. The average Bonchev–Trinajstić information content (AvgIpc) is 2.14. The first-order chi connectivity index (χ1) is 3.43. The Morgan fingerprint density at radius 1 is 1.86 bits per heavy atom. The van der Waals surface area contributed by atoms with Crippen LogP contribution >= 0.6 is 11.8 Å². The van der Waals surface area contributed by atoms with Crippen LogP contribution in [0.4, 0.5) is 0 Å². The van der Waals surface area contributed by atoms with Crippen molar-refractivity contribution in [2.24, 2.45) is 0 Å². The van der Waals surface area contributed by atoms with Crippen LogP contribution in [-0.2, 0) is 0 Å². The van der Waals surface area contributed by atoms with Crippen molar-refractivity contribution in [1.29, 1.82) is 0 Å². The van der Waals surface area contributed by atoms with Crippen molar-refractivity contribution >= 4 is 11.8 Å². The minimum Gasteiger partial charge on any atom is -0.379 e. The molecule has 0 aromatic heterocycles. The van der Waals surface area contributed by atoms with Crippen molar-refractivity contribution in [3.8, 4) is 0 Å². The number of rotatable bonds is 0. The van der Waals surface area contributed by atoms with Gasteiger partial charge in [-0.25, -0.2) is 0 Å². The molecule has 0 unspecified atom stereocenters. The Labute approximate surface area is 48.2 Å². The Hall–Kier alpha value is -0.110. The third-order valence-electron chi connectivity index (χ3n) is 0.844. The van der Waals surface area contributed by atoms with Crippen molar-refractivity contribution < 1.29 is 0 Å². The van der Waals surface area contributed by atoms with Gasteiger partial charge in [0.2, 0.25) is 0 Å². The predicted octanol–water partition coefficient (Wildman–Crippen LogP) is 0.998. The van der Waals surface area contributed by atoms with E-state index < -0.39 is 0 Å². The Kier molecular flexibility index (Phi) is 1.63. The second-order valence-corrected chi connectivity index (χ2v) is 2.48. The first-order valence-corrected chi connectivity index (χ1v) is 3.28.